The molecule has 23 heavy (non-hydrogen) atoms. The number of amides is 1. The lowest BCUT2D eigenvalue weighted by molar-refractivity contribution is 0.0726. The second kappa shape index (κ2) is 6.81. The topological polar surface area (TPSA) is 23.6 Å². The summed E-state index contributed by atoms with van der Waals surface area (Å²) in [7, 11) is 0. The first-order valence-electron chi connectivity index (χ1n) is 7.61. The Balaban J connectivity index is 1.71. The largest absolute Gasteiger partial charge is 0.365 e. The maximum atomic E-state index is 12.6. The highest BCUT2D eigenvalue weighted by molar-refractivity contribution is 6.31. The van der Waals surface area contributed by atoms with Crippen molar-refractivity contribution in [1.82, 2.24) is 4.90 Å². The molecule has 0 N–H and O–H groups in total. The van der Waals surface area contributed by atoms with Gasteiger partial charge in [-0.05, 0) is 49.4 Å². The highest BCUT2D eigenvalue weighted by atomic mass is 35.5. The van der Waals surface area contributed by atoms with Crippen molar-refractivity contribution < 1.29 is 4.79 Å². The summed E-state index contributed by atoms with van der Waals surface area (Å²) >= 11 is 12.0. The second-order valence-electron chi connectivity index (χ2n) is 5.78. The molecule has 1 saturated heterocycles. The first-order chi connectivity index (χ1) is 11.0. The van der Waals surface area contributed by atoms with Gasteiger partial charge >= 0.3 is 0 Å². The van der Waals surface area contributed by atoms with E-state index in [0.717, 1.165) is 17.3 Å². The zero-order valence-corrected chi connectivity index (χ0v) is 14.4. The number of rotatable bonds is 2. The number of anilines is 1. The fraction of sp³-hybridized carbons (Fsp3) is 0.278. The molecule has 3 rings (SSSR count). The molecule has 120 valence electrons. The van der Waals surface area contributed by atoms with Crippen LogP contribution in [0.1, 0.15) is 17.3 Å². The first-order valence-corrected chi connectivity index (χ1v) is 8.37. The van der Waals surface area contributed by atoms with E-state index in [1.807, 2.05) is 23.1 Å². The Morgan fingerprint density at radius 1 is 1.04 bits per heavy atom. The lowest BCUT2D eigenvalue weighted by Crippen LogP contribution is -2.53. The molecule has 3 nitrogen and oxygen atoms in total. The van der Waals surface area contributed by atoms with Crippen LogP contribution < -0.4 is 4.90 Å². The third-order valence-electron chi connectivity index (χ3n) is 4.15. The van der Waals surface area contributed by atoms with Gasteiger partial charge < -0.3 is 9.80 Å². The van der Waals surface area contributed by atoms with Crippen molar-refractivity contribution in [3.05, 3.63) is 64.1 Å². The van der Waals surface area contributed by atoms with Crippen molar-refractivity contribution >= 4 is 34.8 Å². The smallest absolute Gasteiger partial charge is 0.253 e. The molecule has 0 aliphatic carbocycles. The monoisotopic (exact) mass is 348 g/mol. The van der Waals surface area contributed by atoms with E-state index in [2.05, 4.69) is 17.9 Å². The average molecular weight is 349 g/mol. The van der Waals surface area contributed by atoms with E-state index < -0.39 is 0 Å². The highest BCUT2D eigenvalue weighted by Gasteiger charge is 2.27. The Morgan fingerprint density at radius 2 is 1.78 bits per heavy atom. The van der Waals surface area contributed by atoms with Crippen LogP contribution in [0.15, 0.2) is 48.5 Å². The summed E-state index contributed by atoms with van der Waals surface area (Å²) in [6.45, 7) is 4.30. The van der Waals surface area contributed by atoms with Crippen molar-refractivity contribution in [2.45, 2.75) is 13.0 Å². The molecule has 0 aromatic heterocycles. The standard InChI is InChI=1S/C18H18Cl2N2O/c1-13-12-21(18(23)14-5-7-15(19)8-6-14)9-10-22(13)17-4-2-3-16(20)11-17/h2-8,11,13H,9-10,12H2,1H3. The maximum Gasteiger partial charge on any atom is 0.253 e. The Bertz CT molecular complexity index is 702. The average Bonchev–Trinajstić information content (AvgIpc) is 2.55. The van der Waals surface area contributed by atoms with Gasteiger partial charge in [-0.1, -0.05) is 29.3 Å². The molecule has 1 amide bonds. The first kappa shape index (κ1) is 16.2. The van der Waals surface area contributed by atoms with Crippen LogP contribution in [0, 0.1) is 0 Å². The van der Waals surface area contributed by atoms with Gasteiger partial charge in [-0.3, -0.25) is 4.79 Å². The van der Waals surface area contributed by atoms with Gasteiger partial charge in [-0.25, -0.2) is 0 Å². The highest BCUT2D eigenvalue weighted by Crippen LogP contribution is 2.24. The lowest BCUT2D eigenvalue weighted by atomic mass is 10.1. The summed E-state index contributed by atoms with van der Waals surface area (Å²) in [4.78, 5) is 16.8. The lowest BCUT2D eigenvalue weighted by Gasteiger charge is -2.41. The quantitative estimate of drug-likeness (QED) is 0.805. The third-order valence-corrected chi connectivity index (χ3v) is 4.63. The van der Waals surface area contributed by atoms with Gasteiger partial charge in [-0.15, -0.1) is 0 Å². The van der Waals surface area contributed by atoms with Gasteiger partial charge in [0.1, 0.15) is 0 Å². The number of nitrogens with zero attached hydrogens (tertiary/aromatic N) is 2. The minimum Gasteiger partial charge on any atom is -0.365 e. The van der Waals surface area contributed by atoms with Gasteiger partial charge in [0, 0.05) is 47.0 Å². The van der Waals surface area contributed by atoms with Crippen LogP contribution in [0.25, 0.3) is 0 Å². The molecular formula is C18H18Cl2N2O. The molecule has 1 fully saturated rings. The Labute approximate surface area is 146 Å². The molecule has 5 heteroatoms. The van der Waals surface area contributed by atoms with Crippen molar-refractivity contribution in [3.63, 3.8) is 0 Å². The molecule has 1 aliphatic rings. The minimum atomic E-state index is 0.0549. The molecule has 0 saturated carbocycles. The van der Waals surface area contributed by atoms with Crippen LogP contribution >= 0.6 is 23.2 Å². The molecule has 1 atom stereocenters. The van der Waals surface area contributed by atoms with Gasteiger partial charge in [-0.2, -0.15) is 0 Å². The van der Waals surface area contributed by atoms with Gasteiger partial charge in [0.2, 0.25) is 0 Å². The molecule has 2 aromatic carbocycles. The van der Waals surface area contributed by atoms with E-state index in [4.69, 9.17) is 23.2 Å². The summed E-state index contributed by atoms with van der Waals surface area (Å²) in [6.07, 6.45) is 0. The van der Waals surface area contributed by atoms with Crippen molar-refractivity contribution in [2.75, 3.05) is 24.5 Å². The zero-order chi connectivity index (χ0) is 16.4. The molecule has 1 aliphatic heterocycles. The number of carbonyl (C=O) groups excluding carboxylic acids is 1. The van der Waals surface area contributed by atoms with Crippen LogP contribution in [0.2, 0.25) is 10.0 Å². The number of halogens is 2. The van der Waals surface area contributed by atoms with E-state index in [1.165, 1.54) is 0 Å². The Hall–Kier alpha value is -1.71. The van der Waals surface area contributed by atoms with Crippen molar-refractivity contribution in [2.24, 2.45) is 0 Å². The number of piperazine rings is 1. The fourth-order valence-corrected chi connectivity index (χ4v) is 3.27. The Morgan fingerprint density at radius 3 is 2.43 bits per heavy atom. The summed E-state index contributed by atoms with van der Waals surface area (Å²) in [5.41, 5.74) is 1.78. The third kappa shape index (κ3) is 3.62. The molecule has 0 radical (unpaired) electrons. The minimum absolute atomic E-state index is 0.0549. The second-order valence-corrected chi connectivity index (χ2v) is 6.65. The van der Waals surface area contributed by atoms with Crippen LogP contribution in [0.5, 0.6) is 0 Å². The van der Waals surface area contributed by atoms with Crippen LogP contribution in [0.3, 0.4) is 0 Å². The molecule has 0 spiro atoms. The number of hydrogen-bond donors (Lipinski definition) is 0. The molecular weight excluding hydrogens is 331 g/mol. The van der Waals surface area contributed by atoms with Gasteiger partial charge in [0.25, 0.3) is 5.91 Å². The van der Waals surface area contributed by atoms with Crippen molar-refractivity contribution in [3.8, 4) is 0 Å². The van der Waals surface area contributed by atoms with E-state index in [0.29, 0.717) is 23.7 Å². The van der Waals surface area contributed by atoms with Crippen LogP contribution in [-0.2, 0) is 0 Å². The SMILES string of the molecule is CC1CN(C(=O)c2ccc(Cl)cc2)CCN1c1cccc(Cl)c1. The predicted octanol–water partition coefficient (Wildman–Crippen LogP) is 4.34. The van der Waals surface area contributed by atoms with E-state index in [-0.39, 0.29) is 11.9 Å². The molecule has 1 heterocycles. The van der Waals surface area contributed by atoms with Crippen molar-refractivity contribution in [1.29, 1.82) is 0 Å². The number of hydrogen-bond acceptors (Lipinski definition) is 2. The summed E-state index contributed by atoms with van der Waals surface area (Å²) in [5.74, 6) is 0.0549. The zero-order valence-electron chi connectivity index (χ0n) is 12.9. The van der Waals surface area contributed by atoms with Gasteiger partial charge in [0.15, 0.2) is 0 Å². The predicted molar refractivity (Wildman–Crippen MR) is 95.6 cm³/mol. The van der Waals surface area contributed by atoms with Gasteiger partial charge in [0.05, 0.1) is 0 Å². The van der Waals surface area contributed by atoms with E-state index >= 15 is 0 Å². The number of carbonyl (C=O) groups is 1. The summed E-state index contributed by atoms with van der Waals surface area (Å²) in [6, 6.07) is 15.1. The maximum absolute atomic E-state index is 12.6. The Kier molecular flexibility index (Phi) is 4.79. The van der Waals surface area contributed by atoms with E-state index in [9.17, 15) is 4.79 Å². The molecule has 1 unspecified atom stereocenters. The summed E-state index contributed by atoms with van der Waals surface area (Å²) < 4.78 is 0. The normalized spacial score (nSPS) is 18.1. The number of benzene rings is 2. The summed E-state index contributed by atoms with van der Waals surface area (Å²) in [5, 5.41) is 1.37. The van der Waals surface area contributed by atoms with E-state index in [1.54, 1.807) is 24.3 Å². The van der Waals surface area contributed by atoms with Crippen LogP contribution in [0.4, 0.5) is 5.69 Å². The molecule has 0 bridgehead atoms. The van der Waals surface area contributed by atoms with Crippen LogP contribution in [-0.4, -0.2) is 36.5 Å². The fourth-order valence-electron chi connectivity index (χ4n) is 2.96. The molecule has 2 aromatic rings.